The Bertz CT molecular complexity index is 888. The van der Waals surface area contributed by atoms with E-state index >= 15 is 0 Å². The summed E-state index contributed by atoms with van der Waals surface area (Å²) in [7, 11) is 0. The van der Waals surface area contributed by atoms with Crippen molar-refractivity contribution in [1.82, 2.24) is 0 Å². The van der Waals surface area contributed by atoms with Crippen LogP contribution in [0.3, 0.4) is 0 Å². The molecule has 0 unspecified atom stereocenters. The minimum atomic E-state index is -0.556. The van der Waals surface area contributed by atoms with Gasteiger partial charge in [-0.05, 0) is 24.3 Å². The van der Waals surface area contributed by atoms with Crippen LogP contribution >= 0.6 is 11.3 Å². The van der Waals surface area contributed by atoms with E-state index in [1.165, 1.54) is 35.6 Å². The average molecular weight is 275 g/mol. The lowest BCUT2D eigenvalue weighted by molar-refractivity contribution is -0.384. The van der Waals surface area contributed by atoms with Gasteiger partial charge in [0.25, 0.3) is 5.69 Å². The number of hydrogen-bond acceptors (Lipinski definition) is 4. The number of benzene rings is 2. The van der Waals surface area contributed by atoms with Crippen LogP contribution in [0, 0.1) is 15.9 Å². The lowest BCUT2D eigenvalue weighted by Crippen LogP contribution is -2.02. The van der Waals surface area contributed by atoms with Gasteiger partial charge in [0, 0.05) is 32.3 Å². The van der Waals surface area contributed by atoms with Crippen LogP contribution in [0.5, 0.6) is 0 Å². The molecule has 0 amide bonds. The van der Waals surface area contributed by atoms with Crippen molar-refractivity contribution < 1.29 is 9.31 Å². The van der Waals surface area contributed by atoms with E-state index in [1.807, 2.05) is 0 Å². The second-order valence-corrected chi connectivity index (χ2v) is 5.09. The first-order valence-corrected chi connectivity index (χ1v) is 6.18. The Morgan fingerprint density at radius 1 is 1.05 bits per heavy atom. The number of nitro benzene ring substituents is 1. The molecule has 6 heteroatoms. The van der Waals surface area contributed by atoms with Crippen molar-refractivity contribution in [3.8, 4) is 0 Å². The molecular weight excluding hydrogens is 269 g/mol. The SMILES string of the molecule is O=c1c2cc(F)ccc2sc2ccc([N+](=O)[O-])cc12. The van der Waals surface area contributed by atoms with Crippen molar-refractivity contribution in [2.24, 2.45) is 0 Å². The molecule has 4 nitrogen and oxygen atoms in total. The van der Waals surface area contributed by atoms with E-state index in [0.717, 1.165) is 6.07 Å². The van der Waals surface area contributed by atoms with Crippen molar-refractivity contribution in [2.75, 3.05) is 0 Å². The zero-order valence-electron chi connectivity index (χ0n) is 9.42. The number of halogens is 1. The quantitative estimate of drug-likeness (QED) is 0.388. The van der Waals surface area contributed by atoms with Crippen LogP contribution < -0.4 is 5.43 Å². The topological polar surface area (TPSA) is 60.2 Å². The molecule has 0 aliphatic rings. The zero-order valence-corrected chi connectivity index (χ0v) is 10.2. The number of rotatable bonds is 1. The average Bonchev–Trinajstić information content (AvgIpc) is 2.39. The molecule has 0 spiro atoms. The summed E-state index contributed by atoms with van der Waals surface area (Å²) in [5.74, 6) is -0.499. The summed E-state index contributed by atoms with van der Waals surface area (Å²) in [5, 5.41) is 11.2. The van der Waals surface area contributed by atoms with Gasteiger partial charge in [-0.15, -0.1) is 11.3 Å². The third kappa shape index (κ3) is 1.86. The fourth-order valence-electron chi connectivity index (χ4n) is 1.93. The molecule has 94 valence electrons. The van der Waals surface area contributed by atoms with E-state index in [2.05, 4.69) is 0 Å². The summed E-state index contributed by atoms with van der Waals surface area (Å²) in [6.07, 6.45) is 0. The predicted molar refractivity (Wildman–Crippen MR) is 72.2 cm³/mol. The third-order valence-electron chi connectivity index (χ3n) is 2.82. The standard InChI is InChI=1S/C13H6FNO3S/c14-7-1-3-11-9(5-7)13(16)10-6-8(15(17)18)2-4-12(10)19-11/h1-6H. The molecule has 0 radical (unpaired) electrons. The molecule has 0 bridgehead atoms. The maximum absolute atomic E-state index is 13.2. The van der Waals surface area contributed by atoms with Gasteiger partial charge in [-0.25, -0.2) is 4.39 Å². The molecule has 3 aromatic rings. The van der Waals surface area contributed by atoms with Gasteiger partial charge in [-0.1, -0.05) is 0 Å². The Morgan fingerprint density at radius 3 is 2.37 bits per heavy atom. The molecule has 3 rings (SSSR count). The van der Waals surface area contributed by atoms with Gasteiger partial charge in [0.1, 0.15) is 5.82 Å². The van der Waals surface area contributed by atoms with Crippen LogP contribution in [-0.2, 0) is 0 Å². The van der Waals surface area contributed by atoms with Crippen molar-refractivity contribution in [2.45, 2.75) is 0 Å². The molecule has 19 heavy (non-hydrogen) atoms. The fraction of sp³-hybridized carbons (Fsp3) is 0. The molecule has 1 aromatic heterocycles. The number of hydrogen-bond donors (Lipinski definition) is 0. The van der Waals surface area contributed by atoms with Crippen molar-refractivity contribution >= 4 is 37.2 Å². The van der Waals surface area contributed by atoms with E-state index < -0.39 is 10.7 Å². The van der Waals surface area contributed by atoms with E-state index in [-0.39, 0.29) is 21.9 Å². The molecule has 0 aliphatic heterocycles. The summed E-state index contributed by atoms with van der Waals surface area (Å²) >= 11 is 1.31. The molecule has 2 aromatic carbocycles. The first-order chi connectivity index (χ1) is 9.06. The first kappa shape index (κ1) is 11.7. The highest BCUT2D eigenvalue weighted by molar-refractivity contribution is 7.24. The lowest BCUT2D eigenvalue weighted by atomic mass is 10.1. The van der Waals surface area contributed by atoms with E-state index in [4.69, 9.17) is 0 Å². The predicted octanol–water partition coefficient (Wildman–Crippen LogP) is 3.46. The molecular formula is C13H6FNO3S. The van der Waals surface area contributed by atoms with E-state index in [1.54, 1.807) is 6.07 Å². The van der Waals surface area contributed by atoms with Gasteiger partial charge in [0.15, 0.2) is 5.43 Å². The Balaban J connectivity index is 2.48. The van der Waals surface area contributed by atoms with Crippen LogP contribution in [0.4, 0.5) is 10.1 Å². The maximum Gasteiger partial charge on any atom is 0.270 e. The van der Waals surface area contributed by atoms with Crippen LogP contribution in [0.1, 0.15) is 0 Å². The second kappa shape index (κ2) is 4.10. The Kier molecular flexibility index (Phi) is 2.53. The van der Waals surface area contributed by atoms with Crippen molar-refractivity contribution in [3.63, 3.8) is 0 Å². The fourth-order valence-corrected chi connectivity index (χ4v) is 2.96. The summed E-state index contributed by atoms with van der Waals surface area (Å²) in [4.78, 5) is 22.4. The van der Waals surface area contributed by atoms with Crippen molar-refractivity contribution in [3.05, 3.63) is 62.6 Å². The summed E-state index contributed by atoms with van der Waals surface area (Å²) in [6, 6.07) is 8.12. The maximum atomic E-state index is 13.2. The zero-order chi connectivity index (χ0) is 13.6. The normalized spacial score (nSPS) is 11.0. The largest absolute Gasteiger partial charge is 0.288 e. The number of nitrogens with zero attached hydrogens (tertiary/aromatic N) is 1. The minimum Gasteiger partial charge on any atom is -0.288 e. The van der Waals surface area contributed by atoms with E-state index in [0.29, 0.717) is 9.40 Å². The minimum absolute atomic E-state index is 0.146. The molecule has 0 saturated carbocycles. The first-order valence-electron chi connectivity index (χ1n) is 5.37. The summed E-state index contributed by atoms with van der Waals surface area (Å²) in [6.45, 7) is 0. The van der Waals surface area contributed by atoms with Gasteiger partial charge < -0.3 is 0 Å². The highest BCUT2D eigenvalue weighted by Crippen LogP contribution is 2.27. The third-order valence-corrected chi connectivity index (χ3v) is 3.98. The lowest BCUT2D eigenvalue weighted by Gasteiger charge is -2.01. The van der Waals surface area contributed by atoms with Crippen molar-refractivity contribution in [1.29, 1.82) is 0 Å². The molecule has 1 heterocycles. The van der Waals surface area contributed by atoms with Gasteiger partial charge in [-0.3, -0.25) is 14.9 Å². The van der Waals surface area contributed by atoms with Crippen LogP contribution in [0.2, 0.25) is 0 Å². The van der Waals surface area contributed by atoms with Crippen LogP contribution in [-0.4, -0.2) is 4.92 Å². The molecule has 0 N–H and O–H groups in total. The Hall–Kier alpha value is -2.34. The van der Waals surface area contributed by atoms with Gasteiger partial charge in [-0.2, -0.15) is 0 Å². The van der Waals surface area contributed by atoms with Crippen LogP contribution in [0.25, 0.3) is 20.2 Å². The van der Waals surface area contributed by atoms with Gasteiger partial charge >= 0.3 is 0 Å². The number of fused-ring (bicyclic) bond motifs is 2. The Labute approximate surface area is 109 Å². The summed E-state index contributed by atoms with van der Waals surface area (Å²) < 4.78 is 14.5. The molecule has 0 atom stereocenters. The smallest absolute Gasteiger partial charge is 0.270 e. The van der Waals surface area contributed by atoms with Gasteiger partial charge in [0.2, 0.25) is 0 Å². The van der Waals surface area contributed by atoms with E-state index in [9.17, 15) is 19.3 Å². The molecule has 0 fully saturated rings. The van der Waals surface area contributed by atoms with Crippen LogP contribution in [0.15, 0.2) is 41.2 Å². The molecule has 0 saturated heterocycles. The number of nitro groups is 1. The monoisotopic (exact) mass is 275 g/mol. The number of non-ortho nitro benzene ring substituents is 1. The summed E-state index contributed by atoms with van der Waals surface area (Å²) in [5.41, 5.74) is -0.528. The highest BCUT2D eigenvalue weighted by Gasteiger charge is 2.11. The van der Waals surface area contributed by atoms with Gasteiger partial charge in [0.05, 0.1) is 4.92 Å². The molecule has 0 aliphatic carbocycles. The highest BCUT2D eigenvalue weighted by atomic mass is 32.1. The second-order valence-electron chi connectivity index (χ2n) is 4.01. The Morgan fingerprint density at radius 2 is 1.68 bits per heavy atom.